The molecule has 98 valence electrons. The van der Waals surface area contributed by atoms with Gasteiger partial charge in [0.05, 0.1) is 10.6 Å². The Hall–Kier alpha value is -1.84. The second-order valence-electron chi connectivity index (χ2n) is 4.53. The molecule has 3 rings (SSSR count). The van der Waals surface area contributed by atoms with Crippen molar-refractivity contribution in [3.8, 4) is 11.5 Å². The lowest BCUT2D eigenvalue weighted by Gasteiger charge is -2.25. The summed E-state index contributed by atoms with van der Waals surface area (Å²) in [5.74, 6) is 0.811. The minimum atomic E-state index is -0.662. The number of benzene rings is 1. The fourth-order valence-electron chi connectivity index (χ4n) is 2.35. The van der Waals surface area contributed by atoms with Gasteiger partial charge in [0.1, 0.15) is 18.8 Å². The molecule has 0 atom stereocenters. The van der Waals surface area contributed by atoms with Crippen LogP contribution in [0.2, 0.25) is 5.02 Å². The second kappa shape index (κ2) is 4.37. The Morgan fingerprint density at radius 1 is 1.32 bits per heavy atom. The van der Waals surface area contributed by atoms with E-state index in [1.54, 1.807) is 6.08 Å². The van der Waals surface area contributed by atoms with Crippen LogP contribution in [0.5, 0.6) is 11.5 Å². The fraction of sp³-hybridized carbons (Fsp3) is 0.385. The van der Waals surface area contributed by atoms with Gasteiger partial charge in [0.15, 0.2) is 17.8 Å². The summed E-state index contributed by atoms with van der Waals surface area (Å²) < 4.78 is 11.1. The van der Waals surface area contributed by atoms with Crippen molar-refractivity contribution < 1.29 is 19.1 Å². The quantitative estimate of drug-likeness (QED) is 0.483. The van der Waals surface area contributed by atoms with Crippen LogP contribution in [0, 0.1) is 0 Å². The van der Waals surface area contributed by atoms with Crippen LogP contribution >= 0.6 is 11.6 Å². The molecule has 2 aliphatic rings. The SMILES string of the molecule is O=C=NC1(c2c(Cl)cc(C=O)c3c2OCCO3)CC1. The van der Waals surface area contributed by atoms with E-state index in [4.69, 9.17) is 21.1 Å². The minimum Gasteiger partial charge on any atom is -0.486 e. The maximum atomic E-state index is 11.1. The van der Waals surface area contributed by atoms with Crippen molar-refractivity contribution in [1.29, 1.82) is 0 Å². The third-order valence-corrected chi connectivity index (χ3v) is 3.67. The van der Waals surface area contributed by atoms with Crippen molar-refractivity contribution in [3.05, 3.63) is 22.2 Å². The Kier molecular flexibility index (Phi) is 2.81. The molecular formula is C13H10ClNO4. The molecule has 0 amide bonds. The maximum Gasteiger partial charge on any atom is 0.235 e. The predicted molar refractivity (Wildman–Crippen MR) is 66.9 cm³/mol. The highest BCUT2D eigenvalue weighted by Crippen LogP contribution is 2.57. The second-order valence-corrected chi connectivity index (χ2v) is 4.94. The van der Waals surface area contributed by atoms with E-state index in [2.05, 4.69) is 4.99 Å². The number of fused-ring (bicyclic) bond motifs is 1. The van der Waals surface area contributed by atoms with Gasteiger partial charge in [-0.3, -0.25) is 4.79 Å². The molecule has 0 unspecified atom stereocenters. The van der Waals surface area contributed by atoms with Crippen LogP contribution in [0.1, 0.15) is 28.8 Å². The summed E-state index contributed by atoms with van der Waals surface area (Å²) in [6.45, 7) is 0.748. The number of isocyanates is 1. The lowest BCUT2D eigenvalue weighted by atomic mass is 10.0. The van der Waals surface area contributed by atoms with Crippen LogP contribution in [-0.4, -0.2) is 25.6 Å². The first-order valence-electron chi connectivity index (χ1n) is 5.88. The summed E-state index contributed by atoms with van der Waals surface area (Å²) >= 11 is 6.22. The smallest absolute Gasteiger partial charge is 0.235 e. The Bertz CT molecular complexity index is 603. The third kappa shape index (κ3) is 1.82. The number of rotatable bonds is 3. The molecule has 1 aliphatic carbocycles. The van der Waals surface area contributed by atoms with Crippen LogP contribution in [0.25, 0.3) is 0 Å². The summed E-state index contributed by atoms with van der Waals surface area (Å²) in [5.41, 5.74) is 0.303. The summed E-state index contributed by atoms with van der Waals surface area (Å²) in [5, 5.41) is 0.364. The highest BCUT2D eigenvalue weighted by molar-refractivity contribution is 6.32. The third-order valence-electron chi connectivity index (χ3n) is 3.37. The number of hydrogen-bond donors (Lipinski definition) is 0. The van der Waals surface area contributed by atoms with Gasteiger partial charge in [0, 0.05) is 5.56 Å². The van der Waals surface area contributed by atoms with Gasteiger partial charge in [-0.1, -0.05) is 11.6 Å². The van der Waals surface area contributed by atoms with E-state index in [1.807, 2.05) is 0 Å². The van der Waals surface area contributed by atoms with Crippen LogP contribution in [0.15, 0.2) is 11.1 Å². The zero-order valence-electron chi connectivity index (χ0n) is 9.94. The number of halogens is 1. The first-order chi connectivity index (χ1) is 9.22. The topological polar surface area (TPSA) is 65.0 Å². The molecule has 0 saturated heterocycles. The van der Waals surface area contributed by atoms with Crippen molar-refractivity contribution in [2.45, 2.75) is 18.4 Å². The lowest BCUT2D eigenvalue weighted by Crippen LogP contribution is -2.20. The molecule has 5 nitrogen and oxygen atoms in total. The van der Waals surface area contributed by atoms with Crippen molar-refractivity contribution in [1.82, 2.24) is 0 Å². The molecule has 1 aromatic rings. The molecule has 0 bridgehead atoms. The largest absolute Gasteiger partial charge is 0.486 e. The summed E-state index contributed by atoms with van der Waals surface area (Å²) in [6.07, 6.45) is 3.67. The molecule has 1 aliphatic heterocycles. The van der Waals surface area contributed by atoms with E-state index in [1.165, 1.54) is 6.07 Å². The average molecular weight is 280 g/mol. The predicted octanol–water partition coefficient (Wildman–Crippen LogP) is 2.25. The molecule has 1 aromatic carbocycles. The number of carbonyl (C=O) groups is 1. The van der Waals surface area contributed by atoms with E-state index < -0.39 is 5.54 Å². The molecule has 1 heterocycles. The summed E-state index contributed by atoms with van der Waals surface area (Å²) in [6, 6.07) is 1.53. The van der Waals surface area contributed by atoms with Gasteiger partial charge in [-0.25, -0.2) is 4.79 Å². The summed E-state index contributed by atoms with van der Waals surface area (Å²) in [4.78, 5) is 25.5. The van der Waals surface area contributed by atoms with Crippen molar-refractivity contribution in [2.24, 2.45) is 4.99 Å². The van der Waals surface area contributed by atoms with Crippen molar-refractivity contribution in [2.75, 3.05) is 13.2 Å². The molecule has 6 heteroatoms. The first kappa shape index (κ1) is 12.2. The van der Waals surface area contributed by atoms with Crippen molar-refractivity contribution in [3.63, 3.8) is 0 Å². The van der Waals surface area contributed by atoms with E-state index in [0.29, 0.717) is 60.0 Å². The molecular weight excluding hydrogens is 270 g/mol. The highest BCUT2D eigenvalue weighted by Gasteiger charge is 2.49. The normalized spacial score (nSPS) is 18.4. The number of nitrogens with zero attached hydrogens (tertiary/aromatic N) is 1. The van der Waals surface area contributed by atoms with Crippen LogP contribution in [0.4, 0.5) is 0 Å². The van der Waals surface area contributed by atoms with E-state index >= 15 is 0 Å². The number of hydrogen-bond acceptors (Lipinski definition) is 5. The van der Waals surface area contributed by atoms with E-state index in [0.717, 1.165) is 0 Å². The van der Waals surface area contributed by atoms with Crippen molar-refractivity contribution >= 4 is 24.0 Å². The molecule has 0 spiro atoms. The molecule has 0 radical (unpaired) electrons. The Balaban J connectivity index is 2.25. The van der Waals surface area contributed by atoms with Gasteiger partial charge >= 0.3 is 0 Å². The van der Waals surface area contributed by atoms with Gasteiger partial charge in [-0.15, -0.1) is 0 Å². The minimum absolute atomic E-state index is 0.342. The molecule has 0 aromatic heterocycles. The van der Waals surface area contributed by atoms with E-state index in [9.17, 15) is 9.59 Å². The van der Waals surface area contributed by atoms with Gasteiger partial charge in [-0.2, -0.15) is 4.99 Å². The Morgan fingerprint density at radius 3 is 2.58 bits per heavy atom. The standard InChI is InChI=1S/C13H10ClNO4/c14-9-5-8(6-16)11-12(19-4-3-18-11)10(9)13(1-2-13)15-7-17/h5-6H,1-4H2. The average Bonchev–Trinajstić information content (AvgIpc) is 3.18. The Labute approximate surface area is 114 Å². The van der Waals surface area contributed by atoms with Gasteiger partial charge in [-0.05, 0) is 18.9 Å². The van der Waals surface area contributed by atoms with Gasteiger partial charge in [0.2, 0.25) is 6.08 Å². The number of carbonyl (C=O) groups excluding carboxylic acids is 2. The van der Waals surface area contributed by atoms with Gasteiger partial charge < -0.3 is 9.47 Å². The van der Waals surface area contributed by atoms with Crippen LogP contribution in [-0.2, 0) is 10.3 Å². The zero-order valence-corrected chi connectivity index (χ0v) is 10.7. The first-order valence-corrected chi connectivity index (χ1v) is 6.26. The zero-order chi connectivity index (χ0) is 13.5. The molecule has 1 saturated carbocycles. The number of aldehydes is 1. The van der Waals surface area contributed by atoms with Gasteiger partial charge in [0.25, 0.3) is 0 Å². The highest BCUT2D eigenvalue weighted by atomic mass is 35.5. The number of aliphatic imine (C=N–C) groups is 1. The van der Waals surface area contributed by atoms with E-state index in [-0.39, 0.29) is 0 Å². The monoisotopic (exact) mass is 279 g/mol. The Morgan fingerprint density at radius 2 is 2.00 bits per heavy atom. The van der Waals surface area contributed by atoms with Crippen LogP contribution in [0.3, 0.4) is 0 Å². The lowest BCUT2D eigenvalue weighted by molar-refractivity contribution is 0.111. The fourth-order valence-corrected chi connectivity index (χ4v) is 2.73. The number of ether oxygens (including phenoxy) is 2. The summed E-state index contributed by atoms with van der Waals surface area (Å²) in [7, 11) is 0. The van der Waals surface area contributed by atoms with Crippen LogP contribution < -0.4 is 9.47 Å². The maximum absolute atomic E-state index is 11.1. The molecule has 1 fully saturated rings. The molecule has 19 heavy (non-hydrogen) atoms. The molecule has 0 N–H and O–H groups in total.